The topological polar surface area (TPSA) is 303 Å². The molecule has 8 N–H and O–H groups in total. The number of fused-ring (bicyclic) bond motifs is 3. The van der Waals surface area contributed by atoms with Crippen molar-refractivity contribution in [1.29, 1.82) is 0 Å². The minimum absolute atomic E-state index is 0.0290. The van der Waals surface area contributed by atoms with Gasteiger partial charge in [-0.3, -0.25) is 19.2 Å². The van der Waals surface area contributed by atoms with E-state index < -0.39 is 78.7 Å². The van der Waals surface area contributed by atoms with Gasteiger partial charge >= 0.3 is 18.2 Å². The Kier molecular flexibility index (Phi) is 20.4. The lowest BCUT2D eigenvalue weighted by molar-refractivity contribution is -0.201. The second-order valence-corrected chi connectivity index (χ2v) is 15.6. The van der Waals surface area contributed by atoms with Crippen molar-refractivity contribution in [3.8, 4) is 17.2 Å². The smallest absolute Gasteiger partial charge is 0.408 e. The number of ketones is 3. The van der Waals surface area contributed by atoms with Gasteiger partial charge in [0.05, 0.1) is 35.9 Å². The molecule has 6 rings (SSSR count). The molecule has 0 aromatic heterocycles. The number of phenolic OH excluding ortho intramolecular Hbond substituents is 2. The maximum absolute atomic E-state index is 13.1. The number of rotatable bonds is 16. The number of aliphatic hydroxyl groups is 3. The summed E-state index contributed by atoms with van der Waals surface area (Å²) >= 11 is 0. The van der Waals surface area contributed by atoms with Crippen LogP contribution in [0.25, 0.3) is 0 Å². The lowest BCUT2D eigenvalue weighted by Gasteiger charge is -2.35. The SMILES string of the molecule is C=CCOC(=O)NC(CCC(=O)Nc1ccc(COC(=O)NC2CC(O)OC(C)C2O)cc1)C(=O)OCC=C.CC.COc1cccc2c1C(=O)c1c(O)c3c(c(O)c1C2=O)CC(C(=O)CO)CC3. The van der Waals surface area contributed by atoms with Gasteiger partial charge in [0.15, 0.2) is 17.9 Å². The molecule has 3 amide bonds. The Morgan fingerprint density at radius 3 is 2.17 bits per heavy atom. The zero-order chi connectivity index (χ0) is 50.9. The molecule has 0 radical (unpaired) electrons. The van der Waals surface area contributed by atoms with E-state index in [2.05, 4.69) is 29.1 Å². The first kappa shape index (κ1) is 54.5. The number of hydrogen-bond acceptors (Lipinski definition) is 17. The number of hydrogen-bond donors (Lipinski definition) is 8. The molecule has 0 saturated carbocycles. The van der Waals surface area contributed by atoms with Gasteiger partial charge in [0.1, 0.15) is 55.8 Å². The number of alkyl carbamates (subject to hydrolysis) is 2. The van der Waals surface area contributed by atoms with Gasteiger partial charge in [0.2, 0.25) is 11.7 Å². The van der Waals surface area contributed by atoms with E-state index in [1.54, 1.807) is 43.3 Å². The van der Waals surface area contributed by atoms with Crippen LogP contribution in [0.1, 0.15) is 95.0 Å². The molecule has 0 spiro atoms. The second kappa shape index (κ2) is 25.9. The van der Waals surface area contributed by atoms with Crippen LogP contribution in [-0.2, 0) is 52.8 Å². The van der Waals surface area contributed by atoms with E-state index in [-0.39, 0.29) is 103 Å². The van der Waals surface area contributed by atoms with Crippen LogP contribution in [-0.4, -0.2) is 124 Å². The average Bonchev–Trinajstić information content (AvgIpc) is 3.35. The predicted octanol–water partition coefficient (Wildman–Crippen LogP) is 4.07. The third kappa shape index (κ3) is 13.7. The lowest BCUT2D eigenvalue weighted by Crippen LogP contribution is -2.54. The third-order valence-electron chi connectivity index (χ3n) is 11.2. The van der Waals surface area contributed by atoms with Crippen molar-refractivity contribution in [1.82, 2.24) is 10.6 Å². The zero-order valence-corrected chi connectivity index (χ0v) is 38.8. The van der Waals surface area contributed by atoms with Crippen LogP contribution in [0.3, 0.4) is 0 Å². The first-order chi connectivity index (χ1) is 33.0. The van der Waals surface area contributed by atoms with Crippen LogP contribution in [0.15, 0.2) is 67.8 Å². The molecule has 20 heteroatoms. The summed E-state index contributed by atoms with van der Waals surface area (Å²) in [5.74, 6) is -3.70. The van der Waals surface area contributed by atoms with Crippen molar-refractivity contribution in [2.24, 2.45) is 5.92 Å². The Balaban J connectivity index is 0.000000303. The standard InChI is InChI=1S/C26H35N3O10.C21H18O7.C2H6/c1-4-12-36-24(33)19(28-25(34)37-13-5-2)10-11-21(30)27-18-8-6-17(7-9-18)15-38-26(35)29-20-14-22(31)39-16(3)23(20)32;1-28-14-4-2-3-11-15(14)21(27)17-16(19(11)25)20(26)12-7-9(13(23)8-22)5-6-10(12)18(17)24;1-2/h4-9,16,19-20,22-23,31-32H,1-2,10-15H2,3H3,(H,27,30)(H,28,34)(H,29,35);2-4,9,22,24,26H,5-8H2,1H3;1-2H3. The summed E-state index contributed by atoms with van der Waals surface area (Å²) in [6.07, 6.45) is -0.990. The number of esters is 1. The van der Waals surface area contributed by atoms with Crippen LogP contribution >= 0.6 is 0 Å². The lowest BCUT2D eigenvalue weighted by atomic mass is 9.75. The van der Waals surface area contributed by atoms with Crippen LogP contribution < -0.4 is 20.7 Å². The molecule has 372 valence electrons. The number of Topliss-reactive ketones (excluding diaryl/α,β-unsaturated/α-hetero) is 1. The van der Waals surface area contributed by atoms with Crippen LogP contribution in [0.5, 0.6) is 17.2 Å². The molecule has 1 saturated heterocycles. The van der Waals surface area contributed by atoms with Gasteiger partial charge in [-0.1, -0.05) is 63.4 Å². The summed E-state index contributed by atoms with van der Waals surface area (Å²) in [5, 5.41) is 58.1. The molecular formula is C49H59N3O17. The largest absolute Gasteiger partial charge is 0.507 e. The molecule has 3 aromatic carbocycles. The minimum atomic E-state index is -1.10. The molecule has 6 atom stereocenters. The number of anilines is 1. The molecule has 69 heavy (non-hydrogen) atoms. The average molecular weight is 962 g/mol. The number of phenols is 2. The second-order valence-electron chi connectivity index (χ2n) is 15.6. The molecular weight excluding hydrogens is 903 g/mol. The maximum Gasteiger partial charge on any atom is 0.408 e. The quantitative estimate of drug-likeness (QED) is 0.0340. The van der Waals surface area contributed by atoms with Gasteiger partial charge in [-0.2, -0.15) is 0 Å². The summed E-state index contributed by atoms with van der Waals surface area (Å²) in [7, 11) is 1.38. The summed E-state index contributed by atoms with van der Waals surface area (Å²) in [6.45, 7) is 11.7. The number of methoxy groups -OCH3 is 1. The normalized spacial score (nSPS) is 19.1. The van der Waals surface area contributed by atoms with Gasteiger partial charge < -0.3 is 65.2 Å². The van der Waals surface area contributed by atoms with Crippen molar-refractivity contribution in [3.63, 3.8) is 0 Å². The molecule has 1 heterocycles. The first-order valence-corrected chi connectivity index (χ1v) is 22.2. The molecule has 0 bridgehead atoms. The molecule has 6 unspecified atom stereocenters. The Labute approximate surface area is 398 Å². The number of benzene rings is 3. The molecule has 1 fully saturated rings. The van der Waals surface area contributed by atoms with Crippen molar-refractivity contribution >= 4 is 47.1 Å². The third-order valence-corrected chi connectivity index (χ3v) is 11.2. The van der Waals surface area contributed by atoms with Crippen LogP contribution in [0.4, 0.5) is 15.3 Å². The van der Waals surface area contributed by atoms with E-state index in [4.69, 9.17) is 28.8 Å². The number of aliphatic hydroxyl groups excluding tert-OH is 3. The summed E-state index contributed by atoms with van der Waals surface area (Å²) < 4.78 is 25.3. The highest BCUT2D eigenvalue weighted by molar-refractivity contribution is 6.31. The molecule has 3 aliphatic rings. The van der Waals surface area contributed by atoms with Crippen molar-refractivity contribution in [2.75, 3.05) is 32.2 Å². The number of aromatic hydroxyl groups is 2. The summed E-state index contributed by atoms with van der Waals surface area (Å²) in [5.41, 5.74) is 1.40. The van der Waals surface area contributed by atoms with Crippen molar-refractivity contribution < 1.29 is 82.8 Å². The summed E-state index contributed by atoms with van der Waals surface area (Å²) in [4.78, 5) is 86.6. The van der Waals surface area contributed by atoms with Crippen molar-refractivity contribution in [3.05, 3.63) is 107 Å². The molecule has 20 nitrogen and oxygen atoms in total. The van der Waals surface area contributed by atoms with Crippen molar-refractivity contribution in [2.45, 2.75) is 96.5 Å². The number of carbonyl (C=O) groups is 7. The van der Waals surface area contributed by atoms with Crippen LogP contribution in [0.2, 0.25) is 0 Å². The van der Waals surface area contributed by atoms with Gasteiger partial charge in [0.25, 0.3) is 0 Å². The number of nitrogens with one attached hydrogen (secondary N) is 3. The fourth-order valence-corrected chi connectivity index (χ4v) is 7.76. The monoisotopic (exact) mass is 961 g/mol. The zero-order valence-electron chi connectivity index (χ0n) is 38.8. The van der Waals surface area contributed by atoms with E-state index in [9.17, 15) is 54.0 Å². The number of ether oxygens (including phenoxy) is 5. The van der Waals surface area contributed by atoms with E-state index in [1.165, 1.54) is 25.3 Å². The highest BCUT2D eigenvalue weighted by Gasteiger charge is 2.41. The highest BCUT2D eigenvalue weighted by atomic mass is 16.6. The Hall–Kier alpha value is -7.13. The number of amides is 3. The van der Waals surface area contributed by atoms with E-state index in [0.29, 0.717) is 23.2 Å². The molecule has 2 aliphatic carbocycles. The fraction of sp³-hybridized carbons (Fsp3) is 0.408. The van der Waals surface area contributed by atoms with E-state index in [0.717, 1.165) is 0 Å². The van der Waals surface area contributed by atoms with Gasteiger partial charge in [0, 0.05) is 41.1 Å². The first-order valence-electron chi connectivity index (χ1n) is 22.2. The van der Waals surface area contributed by atoms with Gasteiger partial charge in [-0.05, 0) is 56.4 Å². The Morgan fingerprint density at radius 1 is 0.870 bits per heavy atom. The van der Waals surface area contributed by atoms with Gasteiger partial charge in [-0.25, -0.2) is 14.4 Å². The fourth-order valence-electron chi connectivity index (χ4n) is 7.76. The number of carbonyl (C=O) groups excluding carboxylic acids is 7. The predicted molar refractivity (Wildman–Crippen MR) is 247 cm³/mol. The molecule has 1 aliphatic heterocycles. The Bertz CT molecular complexity index is 2380. The summed E-state index contributed by atoms with van der Waals surface area (Å²) in [6, 6.07) is 9.27. The minimum Gasteiger partial charge on any atom is -0.507 e. The van der Waals surface area contributed by atoms with Gasteiger partial charge in [-0.15, -0.1) is 0 Å². The highest BCUT2D eigenvalue weighted by Crippen LogP contribution is 2.47. The molecule has 3 aromatic rings. The van der Waals surface area contributed by atoms with E-state index >= 15 is 0 Å². The Morgan fingerprint density at radius 2 is 1.52 bits per heavy atom. The maximum atomic E-state index is 13.1. The van der Waals surface area contributed by atoms with Crippen LogP contribution in [0, 0.1) is 5.92 Å². The van der Waals surface area contributed by atoms with E-state index in [1.807, 2.05) is 13.8 Å².